The average molecular weight is 620 g/mol. The molecule has 244 valence electrons. The van der Waals surface area contributed by atoms with Gasteiger partial charge in [0.15, 0.2) is 0 Å². The van der Waals surface area contributed by atoms with Gasteiger partial charge in [-0.1, -0.05) is 86.3 Å². The third-order valence-electron chi connectivity index (χ3n) is 6.88. The van der Waals surface area contributed by atoms with Gasteiger partial charge >= 0.3 is 12.1 Å². The fraction of sp³-hybridized carbons (Fsp3) is 0.500. The van der Waals surface area contributed by atoms with E-state index in [1.54, 1.807) is 60.6 Å². The molecule has 0 fully saturated rings. The van der Waals surface area contributed by atoms with Crippen molar-refractivity contribution in [2.75, 3.05) is 0 Å². The molecule has 0 aliphatic carbocycles. The topological polar surface area (TPSA) is 114 Å². The average Bonchev–Trinajstić information content (AvgIpc) is 2.91. The molecule has 2 rings (SSSR count). The number of esters is 1. The quantitative estimate of drug-likeness (QED) is 0.188. The van der Waals surface area contributed by atoms with Gasteiger partial charge in [0.25, 0.3) is 5.91 Å². The Hall–Kier alpha value is -4.32. The van der Waals surface area contributed by atoms with Crippen molar-refractivity contribution in [3.05, 3.63) is 70.8 Å². The minimum Gasteiger partial charge on any atom is -0.458 e. The fourth-order valence-corrected chi connectivity index (χ4v) is 4.78. The smallest absolute Gasteiger partial charge is 0.408 e. The van der Waals surface area contributed by atoms with Gasteiger partial charge in [0.1, 0.15) is 29.3 Å². The highest BCUT2D eigenvalue weighted by atomic mass is 16.6. The van der Waals surface area contributed by atoms with Gasteiger partial charge in [-0.15, -0.1) is 0 Å². The number of nitrogens with zero attached hydrogens (tertiary/aromatic N) is 1. The number of terminal acetylenes is 1. The molecule has 0 bridgehead atoms. The van der Waals surface area contributed by atoms with E-state index in [0.717, 1.165) is 21.6 Å². The van der Waals surface area contributed by atoms with Gasteiger partial charge < -0.3 is 20.1 Å². The number of hydrogen-bond donors (Lipinski definition) is 2. The summed E-state index contributed by atoms with van der Waals surface area (Å²) in [6, 6.07) is 13.6. The highest BCUT2D eigenvalue weighted by Gasteiger charge is 2.39. The van der Waals surface area contributed by atoms with E-state index in [0.29, 0.717) is 12.0 Å². The Balaban J connectivity index is 2.60. The maximum Gasteiger partial charge on any atom is 0.408 e. The summed E-state index contributed by atoms with van der Waals surface area (Å²) < 4.78 is 11.1. The van der Waals surface area contributed by atoms with Gasteiger partial charge in [-0.2, -0.15) is 0 Å². The van der Waals surface area contributed by atoms with Crippen molar-refractivity contribution in [3.63, 3.8) is 0 Å². The maximum atomic E-state index is 14.3. The van der Waals surface area contributed by atoms with Crippen molar-refractivity contribution in [2.45, 2.75) is 111 Å². The van der Waals surface area contributed by atoms with Crippen LogP contribution in [0.5, 0.6) is 0 Å². The molecule has 0 saturated carbocycles. The molecular weight excluding hydrogens is 570 g/mol. The van der Waals surface area contributed by atoms with E-state index in [1.807, 2.05) is 57.2 Å². The number of carbonyl (C=O) groups is 4. The Bertz CT molecular complexity index is 1360. The van der Waals surface area contributed by atoms with Crippen LogP contribution >= 0.6 is 0 Å². The third kappa shape index (κ3) is 11.6. The van der Waals surface area contributed by atoms with Crippen molar-refractivity contribution >= 4 is 23.9 Å². The van der Waals surface area contributed by atoms with Gasteiger partial charge in [0, 0.05) is 12.5 Å². The van der Waals surface area contributed by atoms with E-state index in [-0.39, 0.29) is 12.3 Å². The number of nitrogens with one attached hydrogen (secondary N) is 2. The van der Waals surface area contributed by atoms with Crippen molar-refractivity contribution in [1.82, 2.24) is 15.5 Å². The zero-order chi connectivity index (χ0) is 34.1. The van der Waals surface area contributed by atoms with Gasteiger partial charge in [0.2, 0.25) is 5.91 Å². The number of rotatable bonds is 11. The first kappa shape index (κ1) is 36.9. The number of aryl methyl sites for hydroxylation is 2. The number of amides is 3. The number of ether oxygens (including phenoxy) is 2. The normalized spacial score (nSPS) is 14.2. The zero-order valence-electron chi connectivity index (χ0n) is 28.3. The Kier molecular flexibility index (Phi) is 12.8. The highest BCUT2D eigenvalue weighted by Crippen LogP contribution is 2.26. The second-order valence-electron chi connectivity index (χ2n) is 13.5. The zero-order valence-corrected chi connectivity index (χ0v) is 28.3. The molecule has 0 aliphatic heterocycles. The molecule has 0 saturated heterocycles. The Morgan fingerprint density at radius 1 is 0.889 bits per heavy atom. The second-order valence-corrected chi connectivity index (χ2v) is 13.5. The predicted molar refractivity (Wildman–Crippen MR) is 175 cm³/mol. The summed E-state index contributed by atoms with van der Waals surface area (Å²) in [5, 5.41) is 5.50. The van der Waals surface area contributed by atoms with Crippen LogP contribution < -0.4 is 10.6 Å². The SMILES string of the molecule is C#CN(C(=O)C(NC(=O)OC(C)(C)C)C(C)CC)C(C(=O)NC(Cc1ccccc1)C(=O)OC(C)(C)C)c1cc(C)cc(C)c1. The van der Waals surface area contributed by atoms with E-state index in [9.17, 15) is 19.2 Å². The molecular formula is C36H49N3O6. The summed E-state index contributed by atoms with van der Waals surface area (Å²) in [5.41, 5.74) is 1.37. The molecule has 0 aromatic heterocycles. The van der Waals surface area contributed by atoms with Crippen LogP contribution in [0.4, 0.5) is 4.79 Å². The standard InChI is InChI=1S/C36H49N3O6/c1-12-25(5)29(38-34(43)45-36(9,10)11)32(41)39(13-2)30(27-20-23(3)19-24(4)21-27)31(40)37-28(33(42)44-35(6,7)8)22-26-17-15-14-16-18-26/h2,14-21,25,28-30H,12,22H2,1,3-11H3,(H,37,40)(H,38,43). The van der Waals surface area contributed by atoms with Gasteiger partial charge in [0.05, 0.1) is 0 Å². The summed E-state index contributed by atoms with van der Waals surface area (Å²) in [6.45, 7) is 17.8. The van der Waals surface area contributed by atoms with Crippen LogP contribution in [0, 0.1) is 32.2 Å². The summed E-state index contributed by atoms with van der Waals surface area (Å²) in [4.78, 5) is 55.7. The van der Waals surface area contributed by atoms with Crippen molar-refractivity contribution in [2.24, 2.45) is 5.92 Å². The van der Waals surface area contributed by atoms with Gasteiger partial charge in [-0.25, -0.2) is 9.59 Å². The first-order chi connectivity index (χ1) is 20.8. The Labute approximate surface area is 268 Å². The number of alkyl carbamates (subject to hydrolysis) is 1. The Morgan fingerprint density at radius 2 is 1.44 bits per heavy atom. The van der Waals surface area contributed by atoms with Crippen LogP contribution in [-0.4, -0.2) is 52.1 Å². The largest absolute Gasteiger partial charge is 0.458 e. The number of benzene rings is 2. The molecule has 9 heteroatoms. The van der Waals surface area contributed by atoms with Crippen LogP contribution in [0.3, 0.4) is 0 Å². The molecule has 0 heterocycles. The lowest BCUT2D eigenvalue weighted by molar-refractivity contribution is -0.159. The molecule has 0 radical (unpaired) electrons. The lowest BCUT2D eigenvalue weighted by Crippen LogP contribution is -2.55. The number of hydrogen-bond acceptors (Lipinski definition) is 6. The first-order valence-electron chi connectivity index (χ1n) is 15.3. The third-order valence-corrected chi connectivity index (χ3v) is 6.88. The minimum absolute atomic E-state index is 0.154. The molecule has 2 aromatic rings. The summed E-state index contributed by atoms with van der Waals surface area (Å²) in [7, 11) is 0. The van der Waals surface area contributed by atoms with E-state index in [4.69, 9.17) is 15.9 Å². The van der Waals surface area contributed by atoms with E-state index < -0.39 is 53.2 Å². The van der Waals surface area contributed by atoms with Crippen LogP contribution in [-0.2, 0) is 30.3 Å². The molecule has 2 N–H and O–H groups in total. The molecule has 9 nitrogen and oxygen atoms in total. The molecule has 2 aromatic carbocycles. The molecule has 0 spiro atoms. The van der Waals surface area contributed by atoms with Crippen LogP contribution in [0.15, 0.2) is 48.5 Å². The molecule has 0 aliphatic rings. The lowest BCUT2D eigenvalue weighted by atomic mass is 9.95. The summed E-state index contributed by atoms with van der Waals surface area (Å²) in [6.07, 6.45) is 5.88. The molecule has 45 heavy (non-hydrogen) atoms. The first-order valence-corrected chi connectivity index (χ1v) is 15.3. The number of carbonyl (C=O) groups excluding carboxylic acids is 4. The highest BCUT2D eigenvalue weighted by molar-refractivity contribution is 5.95. The maximum absolute atomic E-state index is 14.3. The predicted octanol–water partition coefficient (Wildman–Crippen LogP) is 5.77. The molecule has 3 amide bonds. The van der Waals surface area contributed by atoms with Crippen molar-refractivity contribution < 1.29 is 28.7 Å². The lowest BCUT2D eigenvalue weighted by Gasteiger charge is -2.33. The van der Waals surface area contributed by atoms with Gasteiger partial charge in [-0.05, 0) is 72.4 Å². The van der Waals surface area contributed by atoms with Gasteiger partial charge in [-0.3, -0.25) is 14.5 Å². The van der Waals surface area contributed by atoms with Crippen molar-refractivity contribution in [1.29, 1.82) is 0 Å². The Morgan fingerprint density at radius 3 is 1.93 bits per heavy atom. The molecule has 4 atom stereocenters. The minimum atomic E-state index is -1.33. The fourth-order valence-electron chi connectivity index (χ4n) is 4.78. The monoisotopic (exact) mass is 619 g/mol. The van der Waals surface area contributed by atoms with E-state index in [2.05, 4.69) is 16.7 Å². The van der Waals surface area contributed by atoms with E-state index in [1.165, 1.54) is 0 Å². The van der Waals surface area contributed by atoms with Crippen LogP contribution in [0.1, 0.15) is 90.1 Å². The second kappa shape index (κ2) is 15.6. The van der Waals surface area contributed by atoms with Crippen molar-refractivity contribution in [3.8, 4) is 12.5 Å². The summed E-state index contributed by atoms with van der Waals surface area (Å²) >= 11 is 0. The van der Waals surface area contributed by atoms with Crippen LogP contribution in [0.25, 0.3) is 0 Å². The summed E-state index contributed by atoms with van der Waals surface area (Å²) in [5.74, 6) is -2.30. The molecule has 4 unspecified atom stereocenters. The van der Waals surface area contributed by atoms with Crippen LogP contribution in [0.2, 0.25) is 0 Å². The van der Waals surface area contributed by atoms with E-state index >= 15 is 0 Å².